The van der Waals surface area contributed by atoms with E-state index in [0.29, 0.717) is 0 Å². The normalized spacial score (nSPS) is 8.10. The van der Waals surface area contributed by atoms with Crippen LogP contribution >= 0.6 is 0 Å². The molecule has 0 saturated heterocycles. The van der Waals surface area contributed by atoms with Gasteiger partial charge in [-0.3, -0.25) is 6.58 Å². The molecule has 0 aliphatic carbocycles. The van der Waals surface area contributed by atoms with Crippen molar-refractivity contribution in [2.24, 2.45) is 0 Å². The molecule has 0 heterocycles. The maximum Gasteiger partial charge on any atom is 1.00 e. The SMILES string of the molecule is [CH-]=C(C)c1ccccc1.[Na+]. The Morgan fingerprint density at radius 1 is 1.20 bits per heavy atom. The van der Waals surface area contributed by atoms with Gasteiger partial charge in [-0.15, -0.1) is 12.1 Å². The van der Waals surface area contributed by atoms with Crippen LogP contribution in [-0.4, -0.2) is 0 Å². The summed E-state index contributed by atoms with van der Waals surface area (Å²) in [6, 6.07) is 9.93. The molecule has 0 aliphatic rings. The second-order valence-electron chi connectivity index (χ2n) is 2.05. The van der Waals surface area contributed by atoms with E-state index < -0.39 is 0 Å². The van der Waals surface area contributed by atoms with E-state index in [4.69, 9.17) is 6.58 Å². The van der Waals surface area contributed by atoms with Crippen LogP contribution in [-0.2, 0) is 0 Å². The van der Waals surface area contributed by atoms with Gasteiger partial charge >= 0.3 is 29.6 Å². The molecule has 0 spiro atoms. The minimum atomic E-state index is 0. The summed E-state index contributed by atoms with van der Waals surface area (Å²) in [5.74, 6) is 0. The zero-order chi connectivity index (χ0) is 6.69. The molecule has 1 rings (SSSR count). The van der Waals surface area contributed by atoms with Gasteiger partial charge in [-0.25, -0.2) is 5.57 Å². The van der Waals surface area contributed by atoms with Crippen LogP contribution in [0.15, 0.2) is 30.3 Å². The molecule has 1 heteroatoms. The van der Waals surface area contributed by atoms with E-state index >= 15 is 0 Å². The van der Waals surface area contributed by atoms with Gasteiger partial charge in [0.2, 0.25) is 0 Å². The Kier molecular flexibility index (Phi) is 4.71. The van der Waals surface area contributed by atoms with Gasteiger partial charge in [0.15, 0.2) is 0 Å². The van der Waals surface area contributed by atoms with E-state index in [2.05, 4.69) is 0 Å². The standard InChI is InChI=1S/C9H9.Na/c1-8(2)9-6-4-3-5-7-9;/h1,3-7H,2H3;/q-1;+1. The molecule has 0 radical (unpaired) electrons. The third kappa shape index (κ3) is 2.70. The molecule has 0 aliphatic heterocycles. The Hall–Kier alpha value is -0.0400. The van der Waals surface area contributed by atoms with Crippen molar-refractivity contribution in [3.05, 3.63) is 42.5 Å². The molecule has 0 amide bonds. The first-order chi connectivity index (χ1) is 4.30. The molecule has 10 heavy (non-hydrogen) atoms. The van der Waals surface area contributed by atoms with Crippen molar-refractivity contribution in [3.8, 4) is 0 Å². The number of allylic oxidation sites excluding steroid dienone is 1. The molecule has 0 bridgehead atoms. The summed E-state index contributed by atoms with van der Waals surface area (Å²) in [7, 11) is 0. The fourth-order valence-electron chi connectivity index (χ4n) is 0.701. The van der Waals surface area contributed by atoms with Gasteiger partial charge in [0.05, 0.1) is 0 Å². The number of hydrogen-bond donors (Lipinski definition) is 0. The summed E-state index contributed by atoms with van der Waals surface area (Å²) >= 11 is 0. The minimum absolute atomic E-state index is 0. The van der Waals surface area contributed by atoms with Crippen molar-refractivity contribution in [1.29, 1.82) is 0 Å². The molecule has 46 valence electrons. The second-order valence-corrected chi connectivity index (χ2v) is 2.05. The molecular formula is C9H9Na. The van der Waals surface area contributed by atoms with Crippen LogP contribution in [0.4, 0.5) is 0 Å². The maximum absolute atomic E-state index is 5.53. The van der Waals surface area contributed by atoms with Gasteiger partial charge in [-0.1, -0.05) is 25.1 Å². The van der Waals surface area contributed by atoms with Crippen LogP contribution in [0.1, 0.15) is 12.5 Å². The van der Waals surface area contributed by atoms with Crippen molar-refractivity contribution in [1.82, 2.24) is 0 Å². The molecular weight excluding hydrogens is 131 g/mol. The minimum Gasteiger partial charge on any atom is -0.289 e. The molecule has 0 N–H and O–H groups in total. The van der Waals surface area contributed by atoms with E-state index in [1.807, 2.05) is 37.3 Å². The molecule has 0 nitrogen and oxygen atoms in total. The van der Waals surface area contributed by atoms with Crippen LogP contribution < -0.4 is 29.6 Å². The van der Waals surface area contributed by atoms with Gasteiger partial charge in [-0.2, -0.15) is 5.56 Å². The fourth-order valence-corrected chi connectivity index (χ4v) is 0.701. The predicted octanol–water partition coefficient (Wildman–Crippen LogP) is -0.473. The molecule has 0 unspecified atom stereocenters. The van der Waals surface area contributed by atoms with E-state index in [1.54, 1.807) is 0 Å². The van der Waals surface area contributed by atoms with E-state index in [9.17, 15) is 0 Å². The Morgan fingerprint density at radius 3 is 2.00 bits per heavy atom. The predicted molar refractivity (Wildman–Crippen MR) is 39.8 cm³/mol. The summed E-state index contributed by atoms with van der Waals surface area (Å²) in [4.78, 5) is 0. The van der Waals surface area contributed by atoms with Crippen molar-refractivity contribution in [2.75, 3.05) is 0 Å². The van der Waals surface area contributed by atoms with Gasteiger partial charge in [0.1, 0.15) is 0 Å². The first-order valence-electron chi connectivity index (χ1n) is 2.95. The number of benzene rings is 1. The fraction of sp³-hybridized carbons (Fsp3) is 0.111. The van der Waals surface area contributed by atoms with Crippen LogP contribution in [0.3, 0.4) is 0 Å². The third-order valence-electron chi connectivity index (χ3n) is 1.23. The molecule has 0 atom stereocenters. The van der Waals surface area contributed by atoms with Crippen LogP contribution in [0.25, 0.3) is 5.57 Å². The summed E-state index contributed by atoms with van der Waals surface area (Å²) < 4.78 is 0. The van der Waals surface area contributed by atoms with Crippen molar-refractivity contribution >= 4 is 5.57 Å². The second kappa shape index (κ2) is 4.73. The topological polar surface area (TPSA) is 0 Å². The van der Waals surface area contributed by atoms with E-state index in [0.717, 1.165) is 11.1 Å². The molecule has 0 aromatic heterocycles. The summed E-state index contributed by atoms with van der Waals surface area (Å²) in [5.41, 5.74) is 1.98. The largest absolute Gasteiger partial charge is 1.00 e. The third-order valence-corrected chi connectivity index (χ3v) is 1.23. The molecule has 1 aromatic rings. The Labute approximate surface area is 84.3 Å². The Bertz CT molecular complexity index is 201. The molecule has 0 fully saturated rings. The van der Waals surface area contributed by atoms with Crippen LogP contribution in [0, 0.1) is 6.58 Å². The number of hydrogen-bond acceptors (Lipinski definition) is 0. The average Bonchev–Trinajstić information content (AvgIpc) is 1.90. The van der Waals surface area contributed by atoms with E-state index in [1.165, 1.54) is 0 Å². The van der Waals surface area contributed by atoms with Crippen LogP contribution in [0.2, 0.25) is 0 Å². The van der Waals surface area contributed by atoms with E-state index in [-0.39, 0.29) is 29.6 Å². The van der Waals surface area contributed by atoms with Gasteiger partial charge in [-0.05, 0) is 0 Å². The van der Waals surface area contributed by atoms with Gasteiger partial charge in [0.25, 0.3) is 0 Å². The van der Waals surface area contributed by atoms with Crippen molar-refractivity contribution in [2.45, 2.75) is 6.92 Å². The first-order valence-corrected chi connectivity index (χ1v) is 2.95. The zero-order valence-electron chi connectivity index (χ0n) is 6.46. The summed E-state index contributed by atoms with van der Waals surface area (Å²) in [5, 5.41) is 0. The van der Waals surface area contributed by atoms with Crippen molar-refractivity contribution < 1.29 is 29.6 Å². The quantitative estimate of drug-likeness (QED) is 0.365. The Balaban J connectivity index is 0.000000810. The van der Waals surface area contributed by atoms with Gasteiger partial charge in [0, 0.05) is 0 Å². The zero-order valence-corrected chi connectivity index (χ0v) is 8.46. The molecule has 0 saturated carbocycles. The summed E-state index contributed by atoms with van der Waals surface area (Å²) in [6.07, 6.45) is 0. The summed E-state index contributed by atoms with van der Waals surface area (Å²) in [6.45, 7) is 7.43. The smallest absolute Gasteiger partial charge is 0.289 e. The average molecular weight is 140 g/mol. The Morgan fingerprint density at radius 2 is 1.70 bits per heavy atom. The maximum atomic E-state index is 5.53. The monoisotopic (exact) mass is 140 g/mol. The van der Waals surface area contributed by atoms with Gasteiger partial charge < -0.3 is 0 Å². The number of rotatable bonds is 1. The first kappa shape index (κ1) is 9.96. The van der Waals surface area contributed by atoms with Crippen LogP contribution in [0.5, 0.6) is 0 Å². The molecule has 1 aromatic carbocycles. The van der Waals surface area contributed by atoms with Crippen molar-refractivity contribution in [3.63, 3.8) is 0 Å².